The van der Waals surface area contributed by atoms with Crippen molar-refractivity contribution < 1.29 is 14.6 Å². The first kappa shape index (κ1) is 7.94. The van der Waals surface area contributed by atoms with E-state index >= 15 is 0 Å². The molecule has 0 unspecified atom stereocenters. The van der Waals surface area contributed by atoms with Gasteiger partial charge in [-0.25, -0.2) is 9.79 Å². The monoisotopic (exact) mass is 131 g/mol. The quantitative estimate of drug-likeness (QED) is 0.406. The number of carbonyl (C=O) groups is 1. The molecule has 0 rings (SSSR count). The Morgan fingerprint density at radius 3 is 2.44 bits per heavy atom. The van der Waals surface area contributed by atoms with Crippen LogP contribution in [0.1, 0.15) is 6.92 Å². The van der Waals surface area contributed by atoms with Gasteiger partial charge in [0.2, 0.25) is 0 Å². The average Bonchev–Trinajstić information content (AvgIpc) is 1.82. The topological polar surface area (TPSA) is 58.9 Å². The molecule has 0 saturated carbocycles. The van der Waals surface area contributed by atoms with Crippen LogP contribution in [-0.4, -0.2) is 30.6 Å². The molecule has 9 heavy (non-hydrogen) atoms. The van der Waals surface area contributed by atoms with Crippen LogP contribution in [0.25, 0.3) is 0 Å². The third kappa shape index (κ3) is 2.69. The molecule has 0 fully saturated rings. The Bertz CT molecular complexity index is 130. The number of aliphatic imine (C=N–C) groups is 1. The van der Waals surface area contributed by atoms with Gasteiger partial charge in [-0.05, 0) is 6.92 Å². The van der Waals surface area contributed by atoms with Gasteiger partial charge in [-0.2, -0.15) is 0 Å². The van der Waals surface area contributed by atoms with Crippen LogP contribution in [0, 0.1) is 0 Å². The van der Waals surface area contributed by atoms with Gasteiger partial charge in [-0.3, -0.25) is 0 Å². The Labute approximate surface area is 53.2 Å². The molecule has 1 N–H and O–H groups in total. The van der Waals surface area contributed by atoms with Crippen molar-refractivity contribution in [1.29, 1.82) is 0 Å². The van der Waals surface area contributed by atoms with Crippen LogP contribution < -0.4 is 0 Å². The number of nitrogens with zero attached hydrogens (tertiary/aromatic N) is 1. The van der Waals surface area contributed by atoms with Crippen LogP contribution in [0.3, 0.4) is 0 Å². The van der Waals surface area contributed by atoms with Crippen LogP contribution in [0.5, 0.6) is 0 Å². The molecule has 52 valence electrons. The van der Waals surface area contributed by atoms with E-state index in [0.29, 0.717) is 6.54 Å². The molecule has 0 aliphatic carbocycles. The smallest absolute Gasteiger partial charge is 0.391 e. The van der Waals surface area contributed by atoms with Crippen molar-refractivity contribution in [3.05, 3.63) is 0 Å². The lowest BCUT2D eigenvalue weighted by molar-refractivity contribution is -0.130. The van der Waals surface area contributed by atoms with Crippen molar-refractivity contribution in [3.63, 3.8) is 0 Å². The average molecular weight is 131 g/mol. The van der Waals surface area contributed by atoms with E-state index in [9.17, 15) is 4.79 Å². The second kappa shape index (κ2) is 3.88. The van der Waals surface area contributed by atoms with E-state index in [2.05, 4.69) is 9.73 Å². The number of carboxylic acids is 1. The van der Waals surface area contributed by atoms with E-state index in [4.69, 9.17) is 5.11 Å². The molecule has 0 aromatic rings. The van der Waals surface area contributed by atoms with Gasteiger partial charge in [0.15, 0.2) is 0 Å². The van der Waals surface area contributed by atoms with Crippen molar-refractivity contribution in [2.75, 3.05) is 13.7 Å². The Morgan fingerprint density at radius 1 is 1.78 bits per heavy atom. The summed E-state index contributed by atoms with van der Waals surface area (Å²) in [5.74, 6) is -1.36. The zero-order valence-electron chi connectivity index (χ0n) is 5.42. The summed E-state index contributed by atoms with van der Waals surface area (Å²) in [6, 6.07) is 0. The molecular weight excluding hydrogens is 122 g/mol. The van der Waals surface area contributed by atoms with E-state index in [0.717, 1.165) is 0 Å². The molecule has 4 heteroatoms. The molecular formula is C5H9NO3. The normalized spacial score (nSPS) is 11.1. The maximum atomic E-state index is 10.1. The lowest BCUT2D eigenvalue weighted by atomic mass is 10.6. The second-order valence-corrected chi connectivity index (χ2v) is 1.29. The third-order valence-electron chi connectivity index (χ3n) is 0.678. The van der Waals surface area contributed by atoms with E-state index in [-0.39, 0.29) is 5.90 Å². The van der Waals surface area contributed by atoms with Gasteiger partial charge in [-0.1, -0.05) is 0 Å². The summed E-state index contributed by atoms with van der Waals surface area (Å²) >= 11 is 0. The van der Waals surface area contributed by atoms with Crippen LogP contribution in [0.2, 0.25) is 0 Å². The highest BCUT2D eigenvalue weighted by Crippen LogP contribution is 1.79. The zero-order valence-corrected chi connectivity index (χ0v) is 5.42. The number of rotatable bonds is 1. The molecule has 0 amide bonds. The van der Waals surface area contributed by atoms with Gasteiger partial charge < -0.3 is 9.84 Å². The van der Waals surface area contributed by atoms with E-state index < -0.39 is 5.97 Å². The first-order valence-corrected chi connectivity index (χ1v) is 2.54. The largest absolute Gasteiger partial charge is 0.476 e. The number of carboxylic acid groups (broad SMARTS) is 1. The fourth-order valence-corrected chi connectivity index (χ4v) is 0.363. The number of aliphatic carboxylic acids is 1. The number of hydrogen-bond acceptors (Lipinski definition) is 3. The van der Waals surface area contributed by atoms with Crippen molar-refractivity contribution in [3.8, 4) is 0 Å². The summed E-state index contributed by atoms with van der Waals surface area (Å²) < 4.78 is 4.40. The molecule has 0 spiro atoms. The Hall–Kier alpha value is -1.06. The lowest BCUT2D eigenvalue weighted by Crippen LogP contribution is -2.14. The summed E-state index contributed by atoms with van der Waals surface area (Å²) in [6.07, 6.45) is 0. The molecule has 0 bridgehead atoms. The van der Waals surface area contributed by atoms with Gasteiger partial charge in [0.1, 0.15) is 0 Å². The maximum Gasteiger partial charge on any atom is 0.391 e. The van der Waals surface area contributed by atoms with Crippen LogP contribution >= 0.6 is 0 Å². The van der Waals surface area contributed by atoms with Gasteiger partial charge in [-0.15, -0.1) is 0 Å². The molecule has 0 heterocycles. The SMILES string of the molecule is CCN=C(OC)C(=O)O. The van der Waals surface area contributed by atoms with Gasteiger partial charge >= 0.3 is 5.97 Å². The van der Waals surface area contributed by atoms with E-state index in [1.807, 2.05) is 0 Å². The third-order valence-corrected chi connectivity index (χ3v) is 0.678. The van der Waals surface area contributed by atoms with Crippen LogP contribution in [0.15, 0.2) is 4.99 Å². The summed E-state index contributed by atoms with van der Waals surface area (Å²) in [5, 5.41) is 8.25. The van der Waals surface area contributed by atoms with Crippen LogP contribution in [0.4, 0.5) is 0 Å². The molecule has 0 aliphatic heterocycles. The number of methoxy groups -OCH3 is 1. The van der Waals surface area contributed by atoms with Crippen molar-refractivity contribution in [2.45, 2.75) is 6.92 Å². The van der Waals surface area contributed by atoms with E-state index in [1.165, 1.54) is 7.11 Å². The molecule has 0 aromatic carbocycles. The van der Waals surface area contributed by atoms with Crippen LogP contribution in [-0.2, 0) is 9.53 Å². The minimum atomic E-state index is -1.13. The predicted octanol–water partition coefficient (Wildman–Crippen LogP) is 0.136. The molecule has 0 aromatic heterocycles. The van der Waals surface area contributed by atoms with Gasteiger partial charge in [0.05, 0.1) is 7.11 Å². The molecule has 4 nitrogen and oxygen atoms in total. The summed E-state index contributed by atoms with van der Waals surface area (Å²) in [7, 11) is 1.28. The number of ether oxygens (including phenoxy) is 1. The molecule has 0 atom stereocenters. The summed E-state index contributed by atoms with van der Waals surface area (Å²) in [5.41, 5.74) is 0. The molecule has 0 aliphatic rings. The Kier molecular flexibility index (Phi) is 3.43. The van der Waals surface area contributed by atoms with Gasteiger partial charge in [0, 0.05) is 6.54 Å². The molecule has 0 radical (unpaired) electrons. The molecule has 0 saturated heterocycles. The highest BCUT2D eigenvalue weighted by molar-refractivity contribution is 6.31. The Morgan fingerprint density at radius 2 is 2.33 bits per heavy atom. The number of hydrogen-bond donors (Lipinski definition) is 1. The first-order valence-electron chi connectivity index (χ1n) is 2.54. The highest BCUT2D eigenvalue weighted by atomic mass is 16.5. The Balaban J connectivity index is 3.98. The van der Waals surface area contributed by atoms with Crippen molar-refractivity contribution in [2.24, 2.45) is 4.99 Å². The predicted molar refractivity (Wildman–Crippen MR) is 32.6 cm³/mol. The van der Waals surface area contributed by atoms with Gasteiger partial charge in [0.25, 0.3) is 5.90 Å². The second-order valence-electron chi connectivity index (χ2n) is 1.29. The van der Waals surface area contributed by atoms with Crippen molar-refractivity contribution >= 4 is 11.9 Å². The maximum absolute atomic E-state index is 10.1. The van der Waals surface area contributed by atoms with E-state index in [1.54, 1.807) is 6.92 Å². The zero-order chi connectivity index (χ0) is 7.28. The fourth-order valence-electron chi connectivity index (χ4n) is 0.363. The minimum absolute atomic E-state index is 0.238. The first-order chi connectivity index (χ1) is 4.22. The fraction of sp³-hybridized carbons (Fsp3) is 0.600. The summed E-state index contributed by atoms with van der Waals surface area (Å²) in [6.45, 7) is 2.16. The highest BCUT2D eigenvalue weighted by Gasteiger charge is 2.05. The minimum Gasteiger partial charge on any atom is -0.476 e. The standard InChI is InChI=1S/C5H9NO3/c1-3-6-4(9-2)5(7)8/h3H2,1-2H3,(H,7,8). The van der Waals surface area contributed by atoms with Crippen molar-refractivity contribution in [1.82, 2.24) is 0 Å². The lowest BCUT2D eigenvalue weighted by Gasteiger charge is -1.95. The summed E-state index contributed by atoms with van der Waals surface area (Å²) in [4.78, 5) is 13.6.